The fourth-order valence-electron chi connectivity index (χ4n) is 1.19. The van der Waals surface area contributed by atoms with E-state index in [2.05, 4.69) is 0 Å². The van der Waals surface area contributed by atoms with Crippen molar-refractivity contribution >= 4 is 11.0 Å². The van der Waals surface area contributed by atoms with Gasteiger partial charge in [0.1, 0.15) is 11.4 Å². The summed E-state index contributed by atoms with van der Waals surface area (Å²) in [6.07, 6.45) is 0. The van der Waals surface area contributed by atoms with Gasteiger partial charge in [-0.05, 0) is 25.1 Å². The predicted molar refractivity (Wildman–Crippen MR) is 58.5 cm³/mol. The van der Waals surface area contributed by atoms with E-state index in [0.717, 1.165) is 5.39 Å². The van der Waals surface area contributed by atoms with E-state index in [9.17, 15) is 9.18 Å². The Bertz CT molecular complexity index is 515. The van der Waals surface area contributed by atoms with Crippen LogP contribution in [0, 0.1) is 12.7 Å². The third-order valence-electron chi connectivity index (χ3n) is 1.87. The van der Waals surface area contributed by atoms with Crippen LogP contribution in [-0.4, -0.2) is 0 Å². The van der Waals surface area contributed by atoms with Crippen LogP contribution in [0.2, 0.25) is 0 Å². The lowest BCUT2D eigenvalue weighted by atomic mass is 10.2. The smallest absolute Gasteiger partial charge is 0.339 e. The SMILES string of the molecule is CC.Cc1cc2ccc(F)cc2oc1=O. The second-order valence-corrected chi connectivity index (χ2v) is 2.90. The Balaban J connectivity index is 0.000000531. The predicted octanol–water partition coefficient (Wildman–Crippen LogP) is 3.27. The second-order valence-electron chi connectivity index (χ2n) is 2.90. The van der Waals surface area contributed by atoms with Gasteiger partial charge in [-0.2, -0.15) is 0 Å². The first-order valence-electron chi connectivity index (χ1n) is 4.87. The highest BCUT2D eigenvalue weighted by atomic mass is 19.1. The largest absolute Gasteiger partial charge is 0.422 e. The molecule has 0 N–H and O–H groups in total. The minimum Gasteiger partial charge on any atom is -0.422 e. The molecule has 0 aliphatic heterocycles. The van der Waals surface area contributed by atoms with Crippen LogP contribution in [0.1, 0.15) is 19.4 Å². The summed E-state index contributed by atoms with van der Waals surface area (Å²) in [5.41, 5.74) is 0.396. The van der Waals surface area contributed by atoms with Gasteiger partial charge in [-0.3, -0.25) is 0 Å². The van der Waals surface area contributed by atoms with Gasteiger partial charge in [0.25, 0.3) is 0 Å². The first kappa shape index (κ1) is 11.4. The van der Waals surface area contributed by atoms with E-state index in [1.54, 1.807) is 19.1 Å². The number of aryl methyl sites for hydroxylation is 1. The maximum Gasteiger partial charge on any atom is 0.339 e. The standard InChI is InChI=1S/C10H7FO2.C2H6/c1-6-4-7-2-3-8(11)5-9(7)13-10(6)12;1-2/h2-5H,1H3;1-2H3. The van der Waals surface area contributed by atoms with Crippen molar-refractivity contribution in [3.63, 3.8) is 0 Å². The first-order valence-corrected chi connectivity index (χ1v) is 4.87. The molecule has 15 heavy (non-hydrogen) atoms. The van der Waals surface area contributed by atoms with Crippen LogP contribution in [0.15, 0.2) is 33.5 Å². The van der Waals surface area contributed by atoms with E-state index in [-0.39, 0.29) is 5.58 Å². The minimum absolute atomic E-state index is 0.288. The zero-order valence-electron chi connectivity index (χ0n) is 9.00. The van der Waals surface area contributed by atoms with Crippen LogP contribution in [0.5, 0.6) is 0 Å². The van der Waals surface area contributed by atoms with Crippen LogP contribution in [-0.2, 0) is 0 Å². The fraction of sp³-hybridized carbons (Fsp3) is 0.250. The van der Waals surface area contributed by atoms with E-state index < -0.39 is 11.4 Å². The van der Waals surface area contributed by atoms with Crippen molar-refractivity contribution in [2.75, 3.05) is 0 Å². The van der Waals surface area contributed by atoms with Gasteiger partial charge in [-0.25, -0.2) is 9.18 Å². The van der Waals surface area contributed by atoms with Crippen molar-refractivity contribution in [2.24, 2.45) is 0 Å². The lowest BCUT2D eigenvalue weighted by molar-refractivity contribution is 0.549. The molecule has 0 unspecified atom stereocenters. The van der Waals surface area contributed by atoms with Crippen molar-refractivity contribution in [1.29, 1.82) is 0 Å². The van der Waals surface area contributed by atoms with E-state index in [1.165, 1.54) is 12.1 Å². The summed E-state index contributed by atoms with van der Waals surface area (Å²) in [5, 5.41) is 0.735. The highest BCUT2D eigenvalue weighted by Crippen LogP contribution is 2.14. The molecule has 0 saturated heterocycles. The molecule has 3 heteroatoms. The average molecular weight is 208 g/mol. The normalized spacial score (nSPS) is 9.60. The molecule has 1 aromatic heterocycles. The Hall–Kier alpha value is -1.64. The number of benzene rings is 1. The molecule has 0 fully saturated rings. The van der Waals surface area contributed by atoms with Crippen molar-refractivity contribution in [3.05, 3.63) is 46.1 Å². The molecule has 1 aromatic carbocycles. The van der Waals surface area contributed by atoms with Gasteiger partial charge >= 0.3 is 5.63 Å². The van der Waals surface area contributed by atoms with Crippen molar-refractivity contribution in [1.82, 2.24) is 0 Å². The highest BCUT2D eigenvalue weighted by Gasteiger charge is 2.01. The van der Waals surface area contributed by atoms with E-state index in [0.29, 0.717) is 5.56 Å². The summed E-state index contributed by atoms with van der Waals surface area (Å²) >= 11 is 0. The summed E-state index contributed by atoms with van der Waals surface area (Å²) in [6, 6.07) is 5.80. The van der Waals surface area contributed by atoms with E-state index in [4.69, 9.17) is 4.42 Å². The Labute approximate surface area is 87.3 Å². The molecule has 1 heterocycles. The van der Waals surface area contributed by atoms with Crippen LogP contribution >= 0.6 is 0 Å². The lowest BCUT2D eigenvalue weighted by Gasteiger charge is -1.96. The lowest BCUT2D eigenvalue weighted by Crippen LogP contribution is -2.01. The van der Waals surface area contributed by atoms with Gasteiger partial charge in [0.05, 0.1) is 0 Å². The van der Waals surface area contributed by atoms with Crippen LogP contribution < -0.4 is 5.63 Å². The Kier molecular flexibility index (Phi) is 3.61. The molecule has 0 aliphatic carbocycles. The van der Waals surface area contributed by atoms with Gasteiger partial charge in [-0.15, -0.1) is 0 Å². The van der Waals surface area contributed by atoms with Gasteiger partial charge in [0.2, 0.25) is 0 Å². The van der Waals surface area contributed by atoms with Crippen molar-refractivity contribution in [2.45, 2.75) is 20.8 Å². The molecule has 0 spiro atoms. The van der Waals surface area contributed by atoms with Crippen molar-refractivity contribution in [3.8, 4) is 0 Å². The van der Waals surface area contributed by atoms with Crippen molar-refractivity contribution < 1.29 is 8.81 Å². The molecular weight excluding hydrogens is 195 g/mol. The van der Waals surface area contributed by atoms with E-state index >= 15 is 0 Å². The quantitative estimate of drug-likeness (QED) is 0.622. The fourth-order valence-corrected chi connectivity index (χ4v) is 1.19. The molecule has 0 atom stereocenters. The van der Waals surface area contributed by atoms with Gasteiger partial charge < -0.3 is 4.42 Å². The molecule has 0 radical (unpaired) electrons. The number of fused-ring (bicyclic) bond motifs is 1. The summed E-state index contributed by atoms with van der Waals surface area (Å²) in [5.74, 6) is -0.403. The molecule has 80 valence electrons. The van der Waals surface area contributed by atoms with Gasteiger partial charge in [0.15, 0.2) is 0 Å². The summed E-state index contributed by atoms with van der Waals surface area (Å²) in [6.45, 7) is 5.66. The number of halogens is 1. The Morgan fingerprint density at radius 1 is 1.20 bits per heavy atom. The zero-order chi connectivity index (χ0) is 11.4. The Morgan fingerprint density at radius 3 is 2.53 bits per heavy atom. The van der Waals surface area contributed by atoms with Crippen LogP contribution in [0.4, 0.5) is 4.39 Å². The van der Waals surface area contributed by atoms with Gasteiger partial charge in [0, 0.05) is 17.0 Å². The third-order valence-corrected chi connectivity index (χ3v) is 1.87. The molecule has 2 rings (SSSR count). The number of hydrogen-bond acceptors (Lipinski definition) is 2. The van der Waals surface area contributed by atoms with Gasteiger partial charge in [-0.1, -0.05) is 13.8 Å². The summed E-state index contributed by atoms with van der Waals surface area (Å²) in [4.78, 5) is 11.1. The first-order chi connectivity index (χ1) is 7.16. The highest BCUT2D eigenvalue weighted by molar-refractivity contribution is 5.76. The summed E-state index contributed by atoms with van der Waals surface area (Å²) in [7, 11) is 0. The van der Waals surface area contributed by atoms with Crippen LogP contribution in [0.3, 0.4) is 0 Å². The maximum atomic E-state index is 12.7. The Morgan fingerprint density at radius 2 is 1.87 bits per heavy atom. The number of hydrogen-bond donors (Lipinski definition) is 0. The summed E-state index contributed by atoms with van der Waals surface area (Å²) < 4.78 is 17.6. The molecule has 0 bridgehead atoms. The van der Waals surface area contributed by atoms with E-state index in [1.807, 2.05) is 13.8 Å². The second kappa shape index (κ2) is 4.73. The third kappa shape index (κ3) is 2.43. The molecule has 0 saturated carbocycles. The molecule has 0 amide bonds. The molecule has 2 nitrogen and oxygen atoms in total. The van der Waals surface area contributed by atoms with Crippen LogP contribution in [0.25, 0.3) is 11.0 Å². The number of rotatable bonds is 0. The molecular formula is C12H13FO2. The molecule has 0 aliphatic rings. The zero-order valence-corrected chi connectivity index (χ0v) is 9.00. The maximum absolute atomic E-state index is 12.7. The minimum atomic E-state index is -0.418. The topological polar surface area (TPSA) is 30.2 Å². The average Bonchev–Trinajstić information content (AvgIpc) is 2.23. The monoisotopic (exact) mass is 208 g/mol. The molecule has 2 aromatic rings.